The Hall–Kier alpha value is -3.33. The number of hydrogen-bond donors (Lipinski definition) is 2. The standard InChI is InChI=1S/C15H9N5O3S/c21-14-13(9-7-8(20(22)23)5-6-10(9)16-14)18-19-15-17-11-3-1-2-4-12(11)24-15/h1-7,16,21H. The number of aromatic amines is 1. The smallest absolute Gasteiger partial charge is 0.270 e. The van der Waals surface area contributed by atoms with E-state index in [1.54, 1.807) is 0 Å². The van der Waals surface area contributed by atoms with Crippen molar-refractivity contribution in [3.05, 3.63) is 52.6 Å². The first-order valence-electron chi connectivity index (χ1n) is 6.88. The van der Waals surface area contributed by atoms with Crippen molar-refractivity contribution in [2.45, 2.75) is 0 Å². The Balaban J connectivity index is 1.79. The molecule has 0 saturated heterocycles. The van der Waals surface area contributed by atoms with Crippen LogP contribution in [-0.4, -0.2) is 20.0 Å². The van der Waals surface area contributed by atoms with Crippen LogP contribution in [-0.2, 0) is 0 Å². The number of aromatic nitrogens is 2. The SMILES string of the molecule is O=[N+]([O-])c1ccc2[nH]c(O)c(N=Nc3nc4ccccc4s3)c2c1. The number of thiazole rings is 1. The number of benzene rings is 2. The number of nitro groups is 1. The lowest BCUT2D eigenvalue weighted by Gasteiger charge is -1.92. The topological polar surface area (TPSA) is 117 Å². The van der Waals surface area contributed by atoms with E-state index < -0.39 is 4.92 Å². The van der Waals surface area contributed by atoms with Gasteiger partial charge in [0, 0.05) is 17.5 Å². The van der Waals surface area contributed by atoms with Crippen molar-refractivity contribution >= 4 is 49.0 Å². The van der Waals surface area contributed by atoms with Crippen molar-refractivity contribution in [3.63, 3.8) is 0 Å². The third kappa shape index (κ3) is 2.36. The van der Waals surface area contributed by atoms with Gasteiger partial charge in [-0.25, -0.2) is 4.98 Å². The molecule has 2 aromatic heterocycles. The first-order chi connectivity index (χ1) is 11.6. The fourth-order valence-electron chi connectivity index (χ4n) is 2.36. The molecular formula is C15H9N5O3S. The summed E-state index contributed by atoms with van der Waals surface area (Å²) < 4.78 is 0.977. The lowest BCUT2D eigenvalue weighted by molar-refractivity contribution is -0.384. The van der Waals surface area contributed by atoms with Gasteiger partial charge in [-0.1, -0.05) is 23.5 Å². The van der Waals surface area contributed by atoms with E-state index in [-0.39, 0.29) is 17.3 Å². The molecule has 2 heterocycles. The zero-order chi connectivity index (χ0) is 16.7. The van der Waals surface area contributed by atoms with Crippen molar-refractivity contribution < 1.29 is 10.0 Å². The number of aromatic hydroxyl groups is 1. The maximum Gasteiger partial charge on any atom is 0.270 e. The molecule has 0 aliphatic carbocycles. The molecule has 0 atom stereocenters. The second-order valence-corrected chi connectivity index (χ2v) is 5.98. The molecule has 2 aromatic carbocycles. The highest BCUT2D eigenvalue weighted by Gasteiger charge is 2.15. The molecule has 8 nitrogen and oxygen atoms in total. The molecule has 0 fully saturated rings. The molecule has 9 heteroatoms. The van der Waals surface area contributed by atoms with E-state index in [0.29, 0.717) is 16.0 Å². The molecule has 24 heavy (non-hydrogen) atoms. The van der Waals surface area contributed by atoms with Crippen LogP contribution >= 0.6 is 11.3 Å². The van der Waals surface area contributed by atoms with Gasteiger partial charge < -0.3 is 10.1 Å². The average Bonchev–Trinajstić information content (AvgIpc) is 3.11. The van der Waals surface area contributed by atoms with Crippen LogP contribution in [0.15, 0.2) is 52.7 Å². The summed E-state index contributed by atoms with van der Waals surface area (Å²) in [5.74, 6) is -0.199. The van der Waals surface area contributed by atoms with E-state index in [9.17, 15) is 15.2 Å². The fourth-order valence-corrected chi connectivity index (χ4v) is 3.15. The van der Waals surface area contributed by atoms with Crippen LogP contribution in [0.2, 0.25) is 0 Å². The maximum absolute atomic E-state index is 10.9. The molecule has 0 aliphatic rings. The van der Waals surface area contributed by atoms with Crippen LogP contribution in [0.5, 0.6) is 5.88 Å². The van der Waals surface area contributed by atoms with Gasteiger partial charge in [0.1, 0.15) is 0 Å². The van der Waals surface area contributed by atoms with Crippen molar-refractivity contribution in [1.82, 2.24) is 9.97 Å². The molecule has 0 radical (unpaired) electrons. The molecule has 0 saturated carbocycles. The van der Waals surface area contributed by atoms with Gasteiger partial charge in [0.2, 0.25) is 11.0 Å². The number of azo groups is 1. The van der Waals surface area contributed by atoms with Crippen molar-refractivity contribution in [2.24, 2.45) is 10.2 Å². The largest absolute Gasteiger partial charge is 0.493 e. The van der Waals surface area contributed by atoms with E-state index in [4.69, 9.17) is 0 Å². The molecule has 118 valence electrons. The number of nitro benzene ring substituents is 1. The third-order valence-electron chi connectivity index (χ3n) is 3.46. The van der Waals surface area contributed by atoms with Crippen LogP contribution in [0.4, 0.5) is 16.5 Å². The fraction of sp³-hybridized carbons (Fsp3) is 0. The minimum atomic E-state index is -0.502. The van der Waals surface area contributed by atoms with E-state index in [1.165, 1.54) is 29.5 Å². The Morgan fingerprint density at radius 2 is 2.04 bits per heavy atom. The number of nitrogens with one attached hydrogen (secondary N) is 1. The molecule has 0 unspecified atom stereocenters. The molecule has 0 aliphatic heterocycles. The Morgan fingerprint density at radius 3 is 2.83 bits per heavy atom. The Kier molecular flexibility index (Phi) is 3.21. The normalized spacial score (nSPS) is 11.7. The number of hydrogen-bond acceptors (Lipinski definition) is 7. The number of rotatable bonds is 3. The lowest BCUT2D eigenvalue weighted by Crippen LogP contribution is -1.86. The third-order valence-corrected chi connectivity index (χ3v) is 4.39. The predicted molar refractivity (Wildman–Crippen MR) is 90.4 cm³/mol. The zero-order valence-corrected chi connectivity index (χ0v) is 12.8. The van der Waals surface area contributed by atoms with Crippen LogP contribution in [0.3, 0.4) is 0 Å². The van der Waals surface area contributed by atoms with Gasteiger partial charge >= 0.3 is 0 Å². The average molecular weight is 339 g/mol. The van der Waals surface area contributed by atoms with Gasteiger partial charge in [-0.05, 0) is 18.2 Å². The molecule has 2 N–H and O–H groups in total. The van der Waals surface area contributed by atoms with E-state index >= 15 is 0 Å². The van der Waals surface area contributed by atoms with Crippen LogP contribution in [0, 0.1) is 10.1 Å². The van der Waals surface area contributed by atoms with Crippen molar-refractivity contribution in [3.8, 4) is 5.88 Å². The van der Waals surface area contributed by atoms with Gasteiger partial charge in [-0.15, -0.1) is 10.2 Å². The van der Waals surface area contributed by atoms with Crippen LogP contribution < -0.4 is 0 Å². The highest BCUT2D eigenvalue weighted by molar-refractivity contribution is 7.21. The molecule has 4 rings (SSSR count). The van der Waals surface area contributed by atoms with Gasteiger partial charge in [0.15, 0.2) is 5.69 Å². The van der Waals surface area contributed by atoms with E-state index in [0.717, 1.165) is 10.2 Å². The minimum absolute atomic E-state index is 0.0852. The number of non-ortho nitro benzene ring substituents is 1. The van der Waals surface area contributed by atoms with Crippen molar-refractivity contribution in [2.75, 3.05) is 0 Å². The highest BCUT2D eigenvalue weighted by Crippen LogP contribution is 2.38. The minimum Gasteiger partial charge on any atom is -0.493 e. The Morgan fingerprint density at radius 1 is 1.21 bits per heavy atom. The van der Waals surface area contributed by atoms with Gasteiger partial charge in [0.05, 0.1) is 20.7 Å². The summed E-state index contributed by atoms with van der Waals surface area (Å²) >= 11 is 1.37. The molecule has 0 bridgehead atoms. The predicted octanol–water partition coefficient (Wildman–Crippen LogP) is 4.81. The summed E-state index contributed by atoms with van der Waals surface area (Å²) in [6.45, 7) is 0. The van der Waals surface area contributed by atoms with Crippen LogP contribution in [0.1, 0.15) is 0 Å². The summed E-state index contributed by atoms with van der Waals surface area (Å²) in [6, 6.07) is 11.8. The number of fused-ring (bicyclic) bond motifs is 2. The number of nitrogens with zero attached hydrogens (tertiary/aromatic N) is 4. The Bertz CT molecular complexity index is 1080. The zero-order valence-electron chi connectivity index (χ0n) is 12.0. The lowest BCUT2D eigenvalue weighted by atomic mass is 10.2. The monoisotopic (exact) mass is 339 g/mol. The first-order valence-corrected chi connectivity index (χ1v) is 7.70. The number of para-hydroxylation sites is 1. The second-order valence-electron chi connectivity index (χ2n) is 4.97. The number of H-pyrrole nitrogens is 1. The van der Waals surface area contributed by atoms with Gasteiger partial charge in [0.25, 0.3) is 5.69 Å². The van der Waals surface area contributed by atoms with E-state index in [1.807, 2.05) is 24.3 Å². The summed E-state index contributed by atoms with van der Waals surface area (Å²) in [5.41, 5.74) is 1.41. The summed E-state index contributed by atoms with van der Waals surface area (Å²) in [7, 11) is 0. The summed E-state index contributed by atoms with van der Waals surface area (Å²) in [6.07, 6.45) is 0. The maximum atomic E-state index is 10.9. The van der Waals surface area contributed by atoms with E-state index in [2.05, 4.69) is 20.2 Å². The summed E-state index contributed by atoms with van der Waals surface area (Å²) in [5, 5.41) is 29.8. The van der Waals surface area contributed by atoms with Crippen molar-refractivity contribution in [1.29, 1.82) is 0 Å². The molecular weight excluding hydrogens is 330 g/mol. The molecule has 0 amide bonds. The summed E-state index contributed by atoms with van der Waals surface area (Å²) in [4.78, 5) is 17.5. The molecule has 4 aromatic rings. The first kappa shape index (κ1) is 14.3. The van der Waals surface area contributed by atoms with Gasteiger partial charge in [-0.3, -0.25) is 10.1 Å². The Labute approximate surface area is 138 Å². The molecule has 0 spiro atoms. The van der Waals surface area contributed by atoms with Crippen LogP contribution in [0.25, 0.3) is 21.1 Å². The quantitative estimate of drug-likeness (QED) is 0.316. The highest BCUT2D eigenvalue weighted by atomic mass is 32.1. The second kappa shape index (κ2) is 5.39. The van der Waals surface area contributed by atoms with Gasteiger partial charge in [-0.2, -0.15) is 0 Å².